The molecule has 12 heteroatoms. The second-order valence-corrected chi connectivity index (χ2v) is 9.42. The summed E-state index contributed by atoms with van der Waals surface area (Å²) in [6.45, 7) is 4.47. The first-order valence-corrected chi connectivity index (χ1v) is 11.7. The summed E-state index contributed by atoms with van der Waals surface area (Å²) in [5, 5.41) is 27.7. The van der Waals surface area contributed by atoms with Crippen LogP contribution in [-0.4, -0.2) is 73.7 Å². The van der Waals surface area contributed by atoms with Crippen LogP contribution < -0.4 is 10.6 Å². The highest BCUT2D eigenvalue weighted by atomic mass is 32.1. The molecule has 2 aromatic heterocycles. The Hall–Kier alpha value is -3.29. The van der Waals surface area contributed by atoms with E-state index in [2.05, 4.69) is 25.6 Å². The van der Waals surface area contributed by atoms with Crippen LogP contribution in [0.2, 0.25) is 0 Å². The summed E-state index contributed by atoms with van der Waals surface area (Å²) in [4.78, 5) is 39.4. The van der Waals surface area contributed by atoms with Crippen molar-refractivity contribution in [2.75, 3.05) is 31.6 Å². The van der Waals surface area contributed by atoms with Gasteiger partial charge in [0.15, 0.2) is 5.13 Å². The molecule has 1 aliphatic heterocycles. The lowest BCUT2D eigenvalue weighted by Gasteiger charge is -2.36. The molecule has 4 rings (SSSR count). The Kier molecular flexibility index (Phi) is 7.19. The largest absolute Gasteiger partial charge is 0.379 e. The number of rotatable bonds is 7. The zero-order valence-corrected chi connectivity index (χ0v) is 20.1. The lowest BCUT2D eigenvalue weighted by Crippen LogP contribution is -2.52. The summed E-state index contributed by atoms with van der Waals surface area (Å²) in [6, 6.07) is 10.5. The molecule has 35 heavy (non-hydrogen) atoms. The van der Waals surface area contributed by atoms with E-state index in [0.717, 1.165) is 11.3 Å². The molecule has 11 nitrogen and oxygen atoms in total. The minimum absolute atomic E-state index is 0.125. The van der Waals surface area contributed by atoms with Gasteiger partial charge in [-0.25, -0.2) is 19.9 Å². The number of morpholine rings is 1. The summed E-state index contributed by atoms with van der Waals surface area (Å²) in [5.74, 6) is -3.38. The minimum atomic E-state index is -2.31. The number of benzene rings is 1. The van der Waals surface area contributed by atoms with Crippen LogP contribution in [0.4, 0.5) is 5.13 Å². The molecule has 2 amide bonds. The summed E-state index contributed by atoms with van der Waals surface area (Å²) < 4.78 is 5.33. The molecule has 0 unspecified atom stereocenters. The number of nitrogens with zero attached hydrogens (tertiary/aromatic N) is 4. The van der Waals surface area contributed by atoms with Gasteiger partial charge in [-0.15, -0.1) is 0 Å². The summed E-state index contributed by atoms with van der Waals surface area (Å²) in [6.07, 6.45) is 2.68. The molecule has 0 spiro atoms. The van der Waals surface area contributed by atoms with E-state index in [9.17, 15) is 19.8 Å². The molecule has 1 aromatic carbocycles. The number of thiazole rings is 1. The Morgan fingerprint density at radius 3 is 2.49 bits per heavy atom. The Bertz CT molecular complexity index is 1180. The maximum atomic E-state index is 13.1. The average molecular weight is 499 g/mol. The Morgan fingerprint density at radius 1 is 1.11 bits per heavy atom. The highest BCUT2D eigenvalue weighted by molar-refractivity contribution is 7.16. The van der Waals surface area contributed by atoms with Gasteiger partial charge in [0.1, 0.15) is 22.4 Å². The second kappa shape index (κ2) is 10.1. The predicted molar refractivity (Wildman–Crippen MR) is 128 cm³/mol. The van der Waals surface area contributed by atoms with Crippen molar-refractivity contribution in [3.05, 3.63) is 59.5 Å². The van der Waals surface area contributed by atoms with Gasteiger partial charge in [0.05, 0.1) is 18.9 Å². The van der Waals surface area contributed by atoms with E-state index in [4.69, 9.17) is 4.74 Å². The van der Waals surface area contributed by atoms with Gasteiger partial charge in [0, 0.05) is 24.8 Å². The zero-order valence-electron chi connectivity index (χ0n) is 19.3. The van der Waals surface area contributed by atoms with Crippen LogP contribution in [0.1, 0.15) is 29.2 Å². The van der Waals surface area contributed by atoms with Gasteiger partial charge in [-0.05, 0) is 19.9 Å². The number of ether oxygens (including phenoxy) is 1. The first-order valence-electron chi connectivity index (χ1n) is 10.9. The van der Waals surface area contributed by atoms with Crippen molar-refractivity contribution in [3.8, 4) is 11.3 Å². The number of carbonyl (C=O) groups is 2. The molecule has 1 aliphatic rings. The number of aliphatic hydroxyl groups is 2. The number of anilines is 1. The minimum Gasteiger partial charge on any atom is -0.379 e. The van der Waals surface area contributed by atoms with Crippen LogP contribution in [0.15, 0.2) is 48.9 Å². The molecule has 0 bridgehead atoms. The first-order chi connectivity index (χ1) is 16.7. The number of amides is 2. The van der Waals surface area contributed by atoms with Gasteiger partial charge in [-0.2, -0.15) is 0 Å². The summed E-state index contributed by atoms with van der Waals surface area (Å²) >= 11 is 0.956. The third-order valence-electron chi connectivity index (χ3n) is 5.46. The van der Waals surface area contributed by atoms with E-state index in [1.165, 1.54) is 23.5 Å². The van der Waals surface area contributed by atoms with E-state index < -0.39 is 23.3 Å². The fraction of sp³-hybridized carbons (Fsp3) is 0.348. The highest BCUT2D eigenvalue weighted by Crippen LogP contribution is 2.39. The molecule has 1 fully saturated rings. The maximum absolute atomic E-state index is 13.1. The number of carbonyl (C=O) groups excluding carboxylic acids is 2. The number of hydrogen-bond donors (Lipinski definition) is 4. The first kappa shape index (κ1) is 24.8. The van der Waals surface area contributed by atoms with Crippen molar-refractivity contribution in [2.24, 2.45) is 0 Å². The van der Waals surface area contributed by atoms with Crippen molar-refractivity contribution in [2.45, 2.75) is 25.3 Å². The molecular weight excluding hydrogens is 472 g/mol. The smallest absolute Gasteiger partial charge is 0.270 e. The number of hydrogen-bond acceptors (Lipinski definition) is 10. The molecule has 1 saturated heterocycles. The third kappa shape index (κ3) is 5.52. The van der Waals surface area contributed by atoms with Crippen molar-refractivity contribution in [1.29, 1.82) is 0 Å². The highest BCUT2D eigenvalue weighted by Gasteiger charge is 2.40. The summed E-state index contributed by atoms with van der Waals surface area (Å²) in [5.41, 5.74) is -0.193. The van der Waals surface area contributed by atoms with Gasteiger partial charge in [0.25, 0.3) is 17.7 Å². The van der Waals surface area contributed by atoms with Crippen molar-refractivity contribution in [3.63, 3.8) is 0 Å². The molecule has 4 N–H and O–H groups in total. The normalized spacial score (nSPS) is 15.0. The fourth-order valence-corrected chi connectivity index (χ4v) is 4.49. The van der Waals surface area contributed by atoms with E-state index in [1.54, 1.807) is 26.0 Å². The molecule has 0 saturated carbocycles. The Labute approximate surface area is 205 Å². The van der Waals surface area contributed by atoms with E-state index in [1.807, 2.05) is 18.2 Å². The predicted octanol–water partition coefficient (Wildman–Crippen LogP) is 1.17. The average Bonchev–Trinajstić information content (AvgIpc) is 3.30. The van der Waals surface area contributed by atoms with E-state index in [-0.39, 0.29) is 15.7 Å². The van der Waals surface area contributed by atoms with Gasteiger partial charge >= 0.3 is 0 Å². The van der Waals surface area contributed by atoms with Crippen LogP contribution in [-0.2, 0) is 15.4 Å². The standard InChI is InChI=1S/C23H26N6O5S/c1-22(2,28-19(30)16-8-9-24-14-25-16)20(31)27-21-26-17(15-6-4-3-5-7-15)18(35-21)23(32,33)29-10-12-34-13-11-29/h3-9,14,32-33H,10-13H2,1-2H3,(H,28,30)(H,26,27,31). The van der Waals surface area contributed by atoms with E-state index >= 15 is 0 Å². The molecule has 0 aliphatic carbocycles. The molecule has 3 heterocycles. The topological polar surface area (TPSA) is 150 Å². The summed E-state index contributed by atoms with van der Waals surface area (Å²) in [7, 11) is 0. The molecule has 0 radical (unpaired) electrons. The molecule has 184 valence electrons. The third-order valence-corrected chi connectivity index (χ3v) is 6.52. The van der Waals surface area contributed by atoms with Crippen molar-refractivity contribution < 1.29 is 24.5 Å². The van der Waals surface area contributed by atoms with E-state index in [0.29, 0.717) is 37.6 Å². The van der Waals surface area contributed by atoms with Gasteiger partial charge in [-0.3, -0.25) is 14.9 Å². The van der Waals surface area contributed by atoms with Gasteiger partial charge in [-0.1, -0.05) is 41.7 Å². The molecule has 3 aromatic rings. The fourth-order valence-electron chi connectivity index (χ4n) is 3.49. The van der Waals surface area contributed by atoms with Crippen molar-refractivity contribution in [1.82, 2.24) is 25.2 Å². The Morgan fingerprint density at radius 2 is 1.83 bits per heavy atom. The monoisotopic (exact) mass is 498 g/mol. The lowest BCUT2D eigenvalue weighted by atomic mass is 10.0. The van der Waals surface area contributed by atoms with Crippen LogP contribution in [0.3, 0.4) is 0 Å². The van der Waals surface area contributed by atoms with Crippen LogP contribution in [0.25, 0.3) is 11.3 Å². The van der Waals surface area contributed by atoms with Crippen LogP contribution in [0.5, 0.6) is 0 Å². The Balaban J connectivity index is 1.60. The zero-order chi connectivity index (χ0) is 25.1. The number of aromatic nitrogens is 3. The van der Waals surface area contributed by atoms with Gasteiger partial charge in [0.2, 0.25) is 0 Å². The SMILES string of the molecule is CC(C)(NC(=O)c1ccncn1)C(=O)Nc1nc(-c2ccccc2)c(C(O)(O)N2CCOCC2)s1. The van der Waals surface area contributed by atoms with Crippen molar-refractivity contribution >= 4 is 28.3 Å². The van der Waals surface area contributed by atoms with Gasteiger partial charge < -0.3 is 20.3 Å². The molecule has 0 atom stereocenters. The lowest BCUT2D eigenvalue weighted by molar-refractivity contribution is -0.284. The number of nitrogens with one attached hydrogen (secondary N) is 2. The van der Waals surface area contributed by atoms with Crippen LogP contribution in [0, 0.1) is 0 Å². The maximum Gasteiger partial charge on any atom is 0.270 e. The second-order valence-electron chi connectivity index (χ2n) is 8.43. The van der Waals surface area contributed by atoms with Crippen LogP contribution >= 0.6 is 11.3 Å². The quantitative estimate of drug-likeness (QED) is 0.352. The molecular formula is C23H26N6O5S.